The van der Waals surface area contributed by atoms with E-state index in [1.165, 1.54) is 0 Å². The summed E-state index contributed by atoms with van der Waals surface area (Å²) in [5, 5.41) is 3.70. The highest BCUT2D eigenvalue weighted by Gasteiger charge is 2.19. The molecule has 1 heterocycles. The van der Waals surface area contributed by atoms with Crippen LogP contribution in [0.25, 0.3) is 11.0 Å². The highest BCUT2D eigenvalue weighted by molar-refractivity contribution is 5.93. The van der Waals surface area contributed by atoms with Crippen molar-refractivity contribution in [3.8, 4) is 0 Å². The SMILES string of the molecule is O=C(COC(=O)c1cc2ccccc2o1)NC1CCCC1. The van der Waals surface area contributed by atoms with Crippen LogP contribution in [0.2, 0.25) is 0 Å². The molecule has 2 aromatic rings. The van der Waals surface area contributed by atoms with E-state index in [0.29, 0.717) is 5.58 Å². The first-order valence-corrected chi connectivity index (χ1v) is 7.17. The Labute approximate surface area is 122 Å². The van der Waals surface area contributed by atoms with Crippen molar-refractivity contribution in [3.05, 3.63) is 36.1 Å². The lowest BCUT2D eigenvalue weighted by Crippen LogP contribution is -2.35. The Bertz CT molecular complexity index is 622. The Kier molecular flexibility index (Phi) is 3.90. The first kappa shape index (κ1) is 13.7. The van der Waals surface area contributed by atoms with E-state index in [2.05, 4.69) is 5.32 Å². The second-order valence-electron chi connectivity index (χ2n) is 5.27. The van der Waals surface area contributed by atoms with Crippen LogP contribution >= 0.6 is 0 Å². The van der Waals surface area contributed by atoms with Gasteiger partial charge in [-0.25, -0.2) is 4.79 Å². The first-order valence-electron chi connectivity index (χ1n) is 7.17. The fourth-order valence-corrected chi connectivity index (χ4v) is 2.62. The second kappa shape index (κ2) is 5.99. The van der Waals surface area contributed by atoms with Crippen LogP contribution in [0.4, 0.5) is 0 Å². The molecule has 1 aromatic heterocycles. The summed E-state index contributed by atoms with van der Waals surface area (Å²) in [6.07, 6.45) is 4.29. The van der Waals surface area contributed by atoms with Gasteiger partial charge in [0.25, 0.3) is 5.91 Å². The van der Waals surface area contributed by atoms with Gasteiger partial charge < -0.3 is 14.5 Å². The molecule has 0 spiro atoms. The number of esters is 1. The molecule has 0 radical (unpaired) electrons. The summed E-state index contributed by atoms with van der Waals surface area (Å²) < 4.78 is 10.4. The van der Waals surface area contributed by atoms with Crippen molar-refractivity contribution in [2.24, 2.45) is 0 Å². The van der Waals surface area contributed by atoms with Crippen molar-refractivity contribution in [1.29, 1.82) is 0 Å². The number of furan rings is 1. The molecule has 0 atom stereocenters. The van der Waals surface area contributed by atoms with E-state index < -0.39 is 5.97 Å². The minimum absolute atomic E-state index is 0.116. The Morgan fingerprint density at radius 2 is 2.00 bits per heavy atom. The largest absolute Gasteiger partial charge is 0.450 e. The Balaban J connectivity index is 1.54. The van der Waals surface area contributed by atoms with Crippen molar-refractivity contribution in [2.75, 3.05) is 6.61 Å². The van der Waals surface area contributed by atoms with Crippen molar-refractivity contribution in [2.45, 2.75) is 31.7 Å². The topological polar surface area (TPSA) is 68.5 Å². The summed E-state index contributed by atoms with van der Waals surface area (Å²) in [6, 6.07) is 9.16. The molecule has 1 fully saturated rings. The molecule has 3 rings (SSSR count). The van der Waals surface area contributed by atoms with Crippen LogP contribution in [0.5, 0.6) is 0 Å². The number of para-hydroxylation sites is 1. The number of benzene rings is 1. The minimum Gasteiger partial charge on any atom is -0.450 e. The van der Waals surface area contributed by atoms with Crippen molar-refractivity contribution in [3.63, 3.8) is 0 Å². The fraction of sp³-hybridized carbons (Fsp3) is 0.375. The highest BCUT2D eigenvalue weighted by Crippen LogP contribution is 2.19. The summed E-state index contributed by atoms with van der Waals surface area (Å²) >= 11 is 0. The number of nitrogens with one attached hydrogen (secondary N) is 1. The van der Waals surface area contributed by atoms with Crippen LogP contribution in [0.15, 0.2) is 34.7 Å². The van der Waals surface area contributed by atoms with Crippen molar-refractivity contribution >= 4 is 22.8 Å². The molecule has 1 N–H and O–H groups in total. The number of hydrogen-bond acceptors (Lipinski definition) is 4. The molecule has 5 nitrogen and oxygen atoms in total. The van der Waals surface area contributed by atoms with Crippen LogP contribution in [0.1, 0.15) is 36.2 Å². The smallest absolute Gasteiger partial charge is 0.374 e. The molecule has 1 amide bonds. The zero-order chi connectivity index (χ0) is 14.7. The van der Waals surface area contributed by atoms with Crippen LogP contribution in [-0.2, 0) is 9.53 Å². The number of amides is 1. The zero-order valence-corrected chi connectivity index (χ0v) is 11.6. The maximum Gasteiger partial charge on any atom is 0.374 e. The van der Waals surface area contributed by atoms with E-state index in [0.717, 1.165) is 31.1 Å². The summed E-state index contributed by atoms with van der Waals surface area (Å²) in [5.74, 6) is -0.760. The van der Waals surface area contributed by atoms with E-state index in [4.69, 9.17) is 9.15 Å². The summed E-state index contributed by atoms with van der Waals surface area (Å²) in [6.45, 7) is -0.271. The van der Waals surface area contributed by atoms with Crippen molar-refractivity contribution < 1.29 is 18.7 Å². The van der Waals surface area contributed by atoms with Gasteiger partial charge in [-0.05, 0) is 25.0 Å². The van der Waals surface area contributed by atoms with Crippen LogP contribution in [0.3, 0.4) is 0 Å². The molecular formula is C16H17NO4. The second-order valence-corrected chi connectivity index (χ2v) is 5.27. The predicted molar refractivity (Wildman–Crippen MR) is 76.9 cm³/mol. The van der Waals surface area contributed by atoms with Gasteiger partial charge in [0.05, 0.1) is 0 Å². The number of carbonyl (C=O) groups is 2. The molecule has 110 valence electrons. The van der Waals surface area contributed by atoms with Gasteiger partial charge in [-0.1, -0.05) is 31.0 Å². The van der Waals surface area contributed by atoms with Gasteiger partial charge in [-0.15, -0.1) is 0 Å². The first-order chi connectivity index (χ1) is 10.2. The number of rotatable bonds is 4. The standard InChI is InChI=1S/C16H17NO4/c18-15(17-12-6-2-3-7-12)10-20-16(19)14-9-11-5-1-4-8-13(11)21-14/h1,4-5,8-9,12H,2-3,6-7,10H2,(H,17,18). The summed E-state index contributed by atoms with van der Waals surface area (Å²) in [7, 11) is 0. The van der Waals surface area contributed by atoms with E-state index in [-0.39, 0.29) is 24.3 Å². The van der Waals surface area contributed by atoms with Gasteiger partial charge in [0.1, 0.15) is 5.58 Å². The Morgan fingerprint density at radius 3 is 2.76 bits per heavy atom. The molecule has 0 bridgehead atoms. The van der Waals surface area contributed by atoms with Crippen LogP contribution < -0.4 is 5.32 Å². The molecule has 1 aromatic carbocycles. The van der Waals surface area contributed by atoms with Gasteiger partial charge in [0.15, 0.2) is 6.61 Å². The highest BCUT2D eigenvalue weighted by atomic mass is 16.5. The maximum atomic E-state index is 11.9. The third kappa shape index (κ3) is 3.24. The Morgan fingerprint density at radius 1 is 1.24 bits per heavy atom. The van der Waals surface area contributed by atoms with E-state index in [9.17, 15) is 9.59 Å². The monoisotopic (exact) mass is 287 g/mol. The lowest BCUT2D eigenvalue weighted by molar-refractivity contribution is -0.124. The van der Waals surface area contributed by atoms with Crippen molar-refractivity contribution in [1.82, 2.24) is 5.32 Å². The molecule has 0 aliphatic heterocycles. The van der Waals surface area contributed by atoms with E-state index in [1.807, 2.05) is 18.2 Å². The molecular weight excluding hydrogens is 270 g/mol. The average molecular weight is 287 g/mol. The number of carbonyl (C=O) groups excluding carboxylic acids is 2. The number of fused-ring (bicyclic) bond motifs is 1. The third-order valence-corrected chi connectivity index (χ3v) is 3.68. The molecule has 1 aliphatic rings. The van der Waals surface area contributed by atoms with Gasteiger partial charge in [-0.3, -0.25) is 4.79 Å². The normalized spacial score (nSPS) is 15.2. The predicted octanol–water partition coefficient (Wildman–Crippen LogP) is 2.65. The van der Waals surface area contributed by atoms with E-state index >= 15 is 0 Å². The summed E-state index contributed by atoms with van der Waals surface area (Å²) in [5.41, 5.74) is 0.625. The minimum atomic E-state index is -0.618. The quantitative estimate of drug-likeness (QED) is 0.878. The van der Waals surface area contributed by atoms with E-state index in [1.54, 1.807) is 12.1 Å². The van der Waals surface area contributed by atoms with Gasteiger partial charge in [0.2, 0.25) is 5.76 Å². The van der Waals surface area contributed by atoms with Crippen LogP contribution in [-0.4, -0.2) is 24.5 Å². The lowest BCUT2D eigenvalue weighted by Gasteiger charge is -2.11. The number of ether oxygens (including phenoxy) is 1. The number of hydrogen-bond donors (Lipinski definition) is 1. The van der Waals surface area contributed by atoms with Gasteiger partial charge >= 0.3 is 5.97 Å². The average Bonchev–Trinajstić information content (AvgIpc) is 3.13. The lowest BCUT2D eigenvalue weighted by atomic mass is 10.2. The molecule has 0 saturated heterocycles. The summed E-state index contributed by atoms with van der Waals surface area (Å²) in [4.78, 5) is 23.5. The molecule has 1 saturated carbocycles. The maximum absolute atomic E-state index is 11.9. The van der Waals surface area contributed by atoms with Gasteiger partial charge in [0, 0.05) is 11.4 Å². The zero-order valence-electron chi connectivity index (χ0n) is 11.6. The van der Waals surface area contributed by atoms with Crippen LogP contribution in [0, 0.1) is 0 Å². The molecule has 1 aliphatic carbocycles. The molecule has 5 heteroatoms. The third-order valence-electron chi connectivity index (χ3n) is 3.68. The Hall–Kier alpha value is -2.30. The molecule has 0 unspecified atom stereocenters. The fourth-order valence-electron chi connectivity index (χ4n) is 2.62. The molecule has 21 heavy (non-hydrogen) atoms. The van der Waals surface area contributed by atoms with Gasteiger partial charge in [-0.2, -0.15) is 0 Å².